The van der Waals surface area contributed by atoms with Crippen LogP contribution >= 0.6 is 10.5 Å². The van der Waals surface area contributed by atoms with Gasteiger partial charge >= 0.3 is 5.51 Å². The molecule has 0 nitrogen and oxygen atoms in total. The SMILES string of the molecule is CCc1ccc2cc(C3CCCCCC3)[s+](C(F)(F)F)c2c1.[Br-]. The molecule has 0 aliphatic heterocycles. The smallest absolute Gasteiger partial charge is 0.600 e. The fraction of sp³-hybridized carbons (Fsp3) is 0.556. The van der Waals surface area contributed by atoms with Gasteiger partial charge in [0.15, 0.2) is 9.58 Å². The first kappa shape index (κ1) is 18.8. The first-order chi connectivity index (χ1) is 10.5. The molecule has 1 unspecified atom stereocenters. The van der Waals surface area contributed by atoms with Gasteiger partial charge < -0.3 is 17.0 Å². The lowest BCUT2D eigenvalue weighted by Gasteiger charge is -2.10. The fourth-order valence-electron chi connectivity index (χ4n) is 3.54. The summed E-state index contributed by atoms with van der Waals surface area (Å²) in [4.78, 5) is 0.651. The highest BCUT2D eigenvalue weighted by atomic mass is 79.9. The zero-order chi connectivity index (χ0) is 15.7. The standard InChI is InChI=1S/C18H22F3S.BrH/c1-2-13-9-10-15-12-17(14-7-5-3-4-6-8-14)22(16(15)11-13)18(19,20)21;/h9-12,14H,2-8H2,1H3;1H/q+1;/p-1. The van der Waals surface area contributed by atoms with Crippen LogP contribution in [0.5, 0.6) is 0 Å². The average Bonchev–Trinajstić information content (AvgIpc) is 2.66. The molecule has 1 aromatic heterocycles. The highest BCUT2D eigenvalue weighted by molar-refractivity contribution is 7.38. The van der Waals surface area contributed by atoms with E-state index < -0.39 is 16.0 Å². The van der Waals surface area contributed by atoms with E-state index in [4.69, 9.17) is 0 Å². The average molecular weight is 407 g/mol. The Balaban J connectivity index is 0.00000192. The fourth-order valence-corrected chi connectivity index (χ4v) is 5.76. The molecular formula is C18H22BrF3S. The molecule has 0 bridgehead atoms. The summed E-state index contributed by atoms with van der Waals surface area (Å²) in [6, 6.07) is 7.47. The number of alkyl halides is 3. The Kier molecular flexibility index (Phi) is 6.17. The van der Waals surface area contributed by atoms with Crippen LogP contribution in [-0.4, -0.2) is 0 Å². The second-order valence-corrected chi connectivity index (χ2v) is 8.20. The van der Waals surface area contributed by atoms with Crippen molar-refractivity contribution >= 4 is 20.6 Å². The number of aryl methyl sites for hydroxylation is 1. The maximum Gasteiger partial charge on any atom is 0.600 e. The molecule has 1 heterocycles. The summed E-state index contributed by atoms with van der Waals surface area (Å²) < 4.78 is 41.8. The number of halogens is 4. The second-order valence-electron chi connectivity index (χ2n) is 6.21. The van der Waals surface area contributed by atoms with E-state index in [1.54, 1.807) is 6.07 Å². The zero-order valence-electron chi connectivity index (χ0n) is 13.3. The van der Waals surface area contributed by atoms with E-state index in [1.165, 1.54) is 0 Å². The first-order valence-electron chi connectivity index (χ1n) is 8.16. The Hall–Kier alpha value is -0.550. The van der Waals surface area contributed by atoms with Gasteiger partial charge in [-0.2, -0.15) is 0 Å². The lowest BCUT2D eigenvalue weighted by molar-refractivity contribution is -0.0868. The lowest BCUT2D eigenvalue weighted by atomic mass is 9.98. The predicted molar refractivity (Wildman–Crippen MR) is 87.5 cm³/mol. The van der Waals surface area contributed by atoms with Gasteiger partial charge in [0.25, 0.3) is 0 Å². The molecule has 1 aromatic carbocycles. The van der Waals surface area contributed by atoms with E-state index in [-0.39, 0.29) is 22.9 Å². The van der Waals surface area contributed by atoms with Crippen LogP contribution in [-0.2, 0) is 11.9 Å². The summed E-state index contributed by atoms with van der Waals surface area (Å²) in [6.07, 6.45) is 7.06. The molecule has 1 fully saturated rings. The van der Waals surface area contributed by atoms with E-state index in [0.29, 0.717) is 9.58 Å². The van der Waals surface area contributed by atoms with Crippen LogP contribution in [0.3, 0.4) is 0 Å². The molecule has 1 aliphatic rings. The van der Waals surface area contributed by atoms with Crippen molar-refractivity contribution < 1.29 is 30.2 Å². The minimum Gasteiger partial charge on any atom is -1.00 e. The van der Waals surface area contributed by atoms with Gasteiger partial charge in [-0.15, -0.1) is 13.2 Å². The summed E-state index contributed by atoms with van der Waals surface area (Å²) in [5.74, 6) is 0.116. The Morgan fingerprint density at radius 3 is 2.26 bits per heavy atom. The third-order valence-corrected chi connectivity index (χ3v) is 6.91. The van der Waals surface area contributed by atoms with Crippen molar-refractivity contribution in [1.29, 1.82) is 0 Å². The third-order valence-electron chi connectivity index (χ3n) is 4.73. The molecule has 1 aliphatic carbocycles. The number of hydrogen-bond acceptors (Lipinski definition) is 0. The van der Waals surface area contributed by atoms with Gasteiger partial charge in [0, 0.05) is 23.4 Å². The summed E-state index contributed by atoms with van der Waals surface area (Å²) >= 11 is 0. The Bertz CT molecular complexity index is 652. The van der Waals surface area contributed by atoms with Crippen LogP contribution in [0.15, 0.2) is 24.3 Å². The Morgan fingerprint density at radius 1 is 1.04 bits per heavy atom. The van der Waals surface area contributed by atoms with Gasteiger partial charge in [-0.05, 0) is 30.9 Å². The largest absolute Gasteiger partial charge is 1.00 e. The van der Waals surface area contributed by atoms with Crippen molar-refractivity contribution in [3.05, 3.63) is 34.7 Å². The van der Waals surface area contributed by atoms with Crippen LogP contribution in [0.25, 0.3) is 10.1 Å². The quantitative estimate of drug-likeness (QED) is 0.520. The Morgan fingerprint density at radius 2 is 1.70 bits per heavy atom. The van der Waals surface area contributed by atoms with Gasteiger partial charge in [0.05, 0.1) is 10.5 Å². The molecule has 0 saturated heterocycles. The van der Waals surface area contributed by atoms with E-state index in [2.05, 4.69) is 0 Å². The summed E-state index contributed by atoms with van der Waals surface area (Å²) in [6.45, 7) is 1.99. The van der Waals surface area contributed by atoms with Crippen molar-refractivity contribution in [2.75, 3.05) is 0 Å². The zero-order valence-corrected chi connectivity index (χ0v) is 15.7. The summed E-state index contributed by atoms with van der Waals surface area (Å²) in [7, 11) is -1.71. The van der Waals surface area contributed by atoms with Crippen LogP contribution < -0.4 is 17.0 Å². The molecule has 3 rings (SSSR count). The maximum absolute atomic E-state index is 13.8. The van der Waals surface area contributed by atoms with E-state index in [9.17, 15) is 13.2 Å². The number of hydrogen-bond donors (Lipinski definition) is 0. The minimum atomic E-state index is -4.16. The number of rotatable bonds is 2. The highest BCUT2D eigenvalue weighted by Crippen LogP contribution is 2.54. The van der Waals surface area contributed by atoms with Crippen LogP contribution in [0.1, 0.15) is 61.8 Å². The molecule has 5 heteroatoms. The van der Waals surface area contributed by atoms with Crippen molar-refractivity contribution in [3.8, 4) is 0 Å². The number of fused-ring (bicyclic) bond motifs is 1. The molecule has 2 aromatic rings. The molecule has 1 atom stereocenters. The summed E-state index contributed by atoms with van der Waals surface area (Å²) in [5.41, 5.74) is -3.16. The number of benzene rings is 1. The van der Waals surface area contributed by atoms with Crippen LogP contribution in [0, 0.1) is 0 Å². The van der Waals surface area contributed by atoms with E-state index in [0.717, 1.165) is 55.9 Å². The van der Waals surface area contributed by atoms with Crippen LogP contribution in [0.2, 0.25) is 0 Å². The van der Waals surface area contributed by atoms with Crippen molar-refractivity contribution in [3.63, 3.8) is 0 Å². The predicted octanol–water partition coefficient (Wildman–Crippen LogP) is 4.07. The van der Waals surface area contributed by atoms with Gasteiger partial charge in [-0.25, -0.2) is 0 Å². The molecule has 128 valence electrons. The van der Waals surface area contributed by atoms with Crippen molar-refractivity contribution in [2.24, 2.45) is 0 Å². The molecule has 23 heavy (non-hydrogen) atoms. The van der Waals surface area contributed by atoms with Gasteiger partial charge in [0.2, 0.25) is 0 Å². The monoisotopic (exact) mass is 406 g/mol. The molecular weight excluding hydrogens is 385 g/mol. The van der Waals surface area contributed by atoms with Gasteiger partial charge in [-0.3, -0.25) is 0 Å². The van der Waals surface area contributed by atoms with E-state index in [1.807, 2.05) is 25.1 Å². The van der Waals surface area contributed by atoms with Crippen LogP contribution in [0.4, 0.5) is 13.2 Å². The molecule has 0 N–H and O–H groups in total. The van der Waals surface area contributed by atoms with Crippen molar-refractivity contribution in [2.45, 2.75) is 63.3 Å². The van der Waals surface area contributed by atoms with Gasteiger partial charge in [0.1, 0.15) is 0 Å². The maximum atomic E-state index is 13.8. The molecule has 0 spiro atoms. The van der Waals surface area contributed by atoms with Gasteiger partial charge in [-0.1, -0.05) is 38.7 Å². The highest BCUT2D eigenvalue weighted by Gasteiger charge is 2.49. The summed E-state index contributed by atoms with van der Waals surface area (Å²) in [5, 5.41) is 0.789. The number of thiophene rings is 1. The first-order valence-corrected chi connectivity index (χ1v) is 9.39. The van der Waals surface area contributed by atoms with E-state index >= 15 is 0 Å². The normalized spacial score (nSPS) is 17.8. The Labute approximate surface area is 148 Å². The third kappa shape index (κ3) is 3.93. The molecule has 1 saturated carbocycles. The lowest BCUT2D eigenvalue weighted by Crippen LogP contribution is -3.00. The molecule has 0 amide bonds. The topological polar surface area (TPSA) is 0 Å². The minimum absolute atomic E-state index is 0. The van der Waals surface area contributed by atoms with Crippen molar-refractivity contribution in [1.82, 2.24) is 0 Å². The molecule has 0 radical (unpaired) electrons. The second kappa shape index (κ2) is 7.56.